The highest BCUT2D eigenvalue weighted by Crippen LogP contribution is 2.08. The van der Waals surface area contributed by atoms with Gasteiger partial charge in [-0.2, -0.15) is 0 Å². The molecule has 0 atom stereocenters. The molecule has 2 aromatic carbocycles. The zero-order valence-corrected chi connectivity index (χ0v) is 15.0. The molecule has 132 valence electrons. The molecule has 0 spiro atoms. The van der Waals surface area contributed by atoms with E-state index in [1.54, 1.807) is 0 Å². The van der Waals surface area contributed by atoms with Crippen LogP contribution in [0.4, 0.5) is 0 Å². The van der Waals surface area contributed by atoms with E-state index in [0.29, 0.717) is 13.1 Å². The van der Waals surface area contributed by atoms with Crippen molar-refractivity contribution in [1.82, 2.24) is 9.80 Å². The van der Waals surface area contributed by atoms with E-state index < -0.39 is 0 Å². The maximum Gasteiger partial charge on any atom is 0.176 e. The van der Waals surface area contributed by atoms with Gasteiger partial charge in [-0.1, -0.05) is 60.7 Å². The molecule has 0 unspecified atom stereocenters. The van der Waals surface area contributed by atoms with Crippen molar-refractivity contribution in [2.24, 2.45) is 0 Å². The van der Waals surface area contributed by atoms with E-state index in [0.717, 1.165) is 37.3 Å². The van der Waals surface area contributed by atoms with Gasteiger partial charge in [0, 0.05) is 37.3 Å². The molecule has 0 aliphatic carbocycles. The molecular formula is C20H23ClN2O2. The zero-order chi connectivity index (χ0) is 16.8. The average molecular weight is 359 g/mol. The normalized spacial score (nSPS) is 15.4. The van der Waals surface area contributed by atoms with Crippen molar-refractivity contribution < 1.29 is 9.59 Å². The van der Waals surface area contributed by atoms with E-state index >= 15 is 0 Å². The van der Waals surface area contributed by atoms with Crippen LogP contribution in [0.15, 0.2) is 60.7 Å². The summed E-state index contributed by atoms with van der Waals surface area (Å²) in [6.07, 6.45) is 0. The summed E-state index contributed by atoms with van der Waals surface area (Å²) in [5.41, 5.74) is 1.53. The number of piperazine rings is 1. The van der Waals surface area contributed by atoms with Crippen molar-refractivity contribution in [2.75, 3.05) is 39.3 Å². The summed E-state index contributed by atoms with van der Waals surface area (Å²) < 4.78 is 0. The third-order valence-corrected chi connectivity index (χ3v) is 4.39. The fourth-order valence-corrected chi connectivity index (χ4v) is 2.94. The minimum atomic E-state index is 0. The fourth-order valence-electron chi connectivity index (χ4n) is 2.94. The Bertz CT molecular complexity index is 622. The van der Waals surface area contributed by atoms with Gasteiger partial charge in [0.15, 0.2) is 11.6 Å². The van der Waals surface area contributed by atoms with Crippen LogP contribution in [0.2, 0.25) is 0 Å². The van der Waals surface area contributed by atoms with Gasteiger partial charge in [0.25, 0.3) is 0 Å². The van der Waals surface area contributed by atoms with Gasteiger partial charge in [-0.15, -0.1) is 12.4 Å². The number of ketones is 2. The number of Topliss-reactive ketones (excluding diaryl/α,β-unsaturated/α-hetero) is 2. The van der Waals surface area contributed by atoms with E-state index in [1.165, 1.54) is 0 Å². The minimum absolute atomic E-state index is 0. The molecule has 1 heterocycles. The third kappa shape index (κ3) is 5.49. The van der Waals surface area contributed by atoms with Gasteiger partial charge in [0.2, 0.25) is 0 Å². The van der Waals surface area contributed by atoms with Gasteiger partial charge >= 0.3 is 0 Å². The van der Waals surface area contributed by atoms with Gasteiger partial charge in [0.05, 0.1) is 13.1 Å². The molecule has 2 aromatic rings. The van der Waals surface area contributed by atoms with Crippen LogP contribution < -0.4 is 0 Å². The average Bonchev–Trinajstić information content (AvgIpc) is 2.65. The Balaban J connectivity index is 0.00000225. The maximum absolute atomic E-state index is 12.2. The summed E-state index contributed by atoms with van der Waals surface area (Å²) in [5.74, 6) is 0.314. The maximum atomic E-state index is 12.2. The van der Waals surface area contributed by atoms with Crippen molar-refractivity contribution in [3.8, 4) is 0 Å². The predicted molar refractivity (Wildman–Crippen MR) is 102 cm³/mol. The molecule has 3 rings (SSSR count). The summed E-state index contributed by atoms with van der Waals surface area (Å²) >= 11 is 0. The second-order valence-electron chi connectivity index (χ2n) is 6.13. The summed E-state index contributed by atoms with van der Waals surface area (Å²) in [4.78, 5) is 28.8. The van der Waals surface area contributed by atoms with Crippen LogP contribution >= 0.6 is 12.4 Å². The Labute approximate surface area is 154 Å². The SMILES string of the molecule is Cl.O=C(CN1CCN(CC(=O)c2ccccc2)CC1)c1ccccc1. The minimum Gasteiger partial charge on any atom is -0.293 e. The first-order chi connectivity index (χ1) is 11.7. The molecule has 1 aliphatic rings. The van der Waals surface area contributed by atoms with Crippen LogP contribution in [0, 0.1) is 0 Å². The van der Waals surface area contributed by atoms with Gasteiger partial charge in [0.1, 0.15) is 0 Å². The second kappa shape index (κ2) is 9.47. The third-order valence-electron chi connectivity index (χ3n) is 4.39. The molecule has 0 bridgehead atoms. The standard InChI is InChI=1S/C20H22N2O2.ClH/c23-19(17-7-3-1-4-8-17)15-21-11-13-22(14-12-21)16-20(24)18-9-5-2-6-10-18;/h1-10H,11-16H2;1H. The van der Waals surface area contributed by atoms with Crippen LogP contribution in [0.3, 0.4) is 0 Å². The number of benzene rings is 2. The smallest absolute Gasteiger partial charge is 0.176 e. The van der Waals surface area contributed by atoms with Crippen LogP contribution in [0.25, 0.3) is 0 Å². The lowest BCUT2D eigenvalue weighted by molar-refractivity contribution is 0.0783. The molecule has 0 amide bonds. The number of carbonyl (C=O) groups excluding carboxylic acids is 2. The molecule has 0 N–H and O–H groups in total. The lowest BCUT2D eigenvalue weighted by Crippen LogP contribution is -2.49. The fraction of sp³-hybridized carbons (Fsp3) is 0.300. The zero-order valence-electron chi connectivity index (χ0n) is 14.1. The highest BCUT2D eigenvalue weighted by atomic mass is 35.5. The van der Waals surface area contributed by atoms with Crippen molar-refractivity contribution in [1.29, 1.82) is 0 Å². The lowest BCUT2D eigenvalue weighted by atomic mass is 10.1. The number of nitrogens with zero attached hydrogens (tertiary/aromatic N) is 2. The first kappa shape index (κ1) is 19.3. The first-order valence-electron chi connectivity index (χ1n) is 8.33. The van der Waals surface area contributed by atoms with Crippen LogP contribution in [-0.4, -0.2) is 60.6 Å². The van der Waals surface area contributed by atoms with Crippen LogP contribution in [0.1, 0.15) is 20.7 Å². The van der Waals surface area contributed by atoms with E-state index in [2.05, 4.69) is 9.80 Å². The van der Waals surface area contributed by atoms with E-state index in [9.17, 15) is 9.59 Å². The summed E-state index contributed by atoms with van der Waals surface area (Å²) in [7, 11) is 0. The summed E-state index contributed by atoms with van der Waals surface area (Å²) in [6, 6.07) is 18.8. The van der Waals surface area contributed by atoms with Crippen LogP contribution in [-0.2, 0) is 0 Å². The first-order valence-corrected chi connectivity index (χ1v) is 8.33. The van der Waals surface area contributed by atoms with Crippen molar-refractivity contribution in [3.63, 3.8) is 0 Å². The van der Waals surface area contributed by atoms with Gasteiger partial charge < -0.3 is 0 Å². The highest BCUT2D eigenvalue weighted by molar-refractivity contribution is 5.98. The van der Waals surface area contributed by atoms with Crippen molar-refractivity contribution >= 4 is 24.0 Å². The Morgan fingerprint density at radius 1 is 0.640 bits per heavy atom. The molecular weight excluding hydrogens is 336 g/mol. The Morgan fingerprint density at radius 3 is 1.28 bits per heavy atom. The van der Waals surface area contributed by atoms with Gasteiger partial charge in [-0.25, -0.2) is 0 Å². The van der Waals surface area contributed by atoms with Crippen LogP contribution in [0.5, 0.6) is 0 Å². The number of hydrogen-bond donors (Lipinski definition) is 0. The van der Waals surface area contributed by atoms with Gasteiger partial charge in [-0.3, -0.25) is 19.4 Å². The molecule has 25 heavy (non-hydrogen) atoms. The predicted octanol–water partition coefficient (Wildman–Crippen LogP) is 2.79. The van der Waals surface area contributed by atoms with E-state index in [-0.39, 0.29) is 24.0 Å². The van der Waals surface area contributed by atoms with E-state index in [4.69, 9.17) is 0 Å². The molecule has 1 aliphatic heterocycles. The Kier molecular flexibility index (Phi) is 7.31. The molecule has 0 saturated carbocycles. The molecule has 0 aromatic heterocycles. The molecule has 0 radical (unpaired) electrons. The van der Waals surface area contributed by atoms with Gasteiger partial charge in [-0.05, 0) is 0 Å². The summed E-state index contributed by atoms with van der Waals surface area (Å²) in [5, 5.41) is 0. The molecule has 5 heteroatoms. The van der Waals surface area contributed by atoms with Crippen molar-refractivity contribution in [3.05, 3.63) is 71.8 Å². The number of hydrogen-bond acceptors (Lipinski definition) is 4. The monoisotopic (exact) mass is 358 g/mol. The van der Waals surface area contributed by atoms with Crippen molar-refractivity contribution in [2.45, 2.75) is 0 Å². The highest BCUT2D eigenvalue weighted by Gasteiger charge is 2.21. The second-order valence-corrected chi connectivity index (χ2v) is 6.13. The molecule has 4 nitrogen and oxygen atoms in total. The molecule has 1 saturated heterocycles. The Morgan fingerprint density at radius 2 is 0.960 bits per heavy atom. The topological polar surface area (TPSA) is 40.6 Å². The number of rotatable bonds is 6. The van der Waals surface area contributed by atoms with E-state index in [1.807, 2.05) is 60.7 Å². The lowest BCUT2D eigenvalue weighted by Gasteiger charge is -2.33. The molecule has 1 fully saturated rings. The summed E-state index contributed by atoms with van der Waals surface area (Å²) in [6.45, 7) is 4.18. The number of carbonyl (C=O) groups is 2. The largest absolute Gasteiger partial charge is 0.293 e. The Hall–Kier alpha value is -2.01. The number of halogens is 1. The quantitative estimate of drug-likeness (QED) is 0.744.